The molecular weight excluding hydrogens is 350 g/mol. The number of rotatable bonds is 6. The van der Waals surface area contributed by atoms with Gasteiger partial charge in [-0.1, -0.05) is 6.07 Å². The zero-order valence-corrected chi connectivity index (χ0v) is 16.6. The summed E-state index contributed by atoms with van der Waals surface area (Å²) in [5, 5.41) is 4.38. The Labute approximate surface area is 155 Å². The minimum atomic E-state index is -3.33. The molecule has 0 bridgehead atoms. The SMILES string of the molecule is CC(C)n1nccc1-c1cccc(C[C@@H]2CCN(S(=O)(=O)N(C)C)C2)n1. The molecule has 0 aromatic carbocycles. The number of hydrogen-bond donors (Lipinski definition) is 0. The second kappa shape index (κ2) is 7.46. The van der Waals surface area contributed by atoms with Crippen molar-refractivity contribution in [2.45, 2.75) is 32.7 Å². The third-order valence-electron chi connectivity index (χ3n) is 4.76. The van der Waals surface area contributed by atoms with Gasteiger partial charge in [0.25, 0.3) is 10.2 Å². The molecule has 1 saturated heterocycles. The monoisotopic (exact) mass is 377 g/mol. The van der Waals surface area contributed by atoms with Crippen molar-refractivity contribution in [3.8, 4) is 11.4 Å². The molecule has 0 unspecified atom stereocenters. The van der Waals surface area contributed by atoms with Crippen LogP contribution in [0.5, 0.6) is 0 Å². The first-order chi connectivity index (χ1) is 12.3. The first kappa shape index (κ1) is 19.0. The van der Waals surface area contributed by atoms with E-state index in [1.54, 1.807) is 24.6 Å². The summed E-state index contributed by atoms with van der Waals surface area (Å²) < 4.78 is 29.3. The molecule has 0 spiro atoms. The van der Waals surface area contributed by atoms with E-state index in [0.29, 0.717) is 19.0 Å². The molecule has 26 heavy (non-hydrogen) atoms. The maximum Gasteiger partial charge on any atom is 0.281 e. The van der Waals surface area contributed by atoms with Gasteiger partial charge in [-0.15, -0.1) is 0 Å². The van der Waals surface area contributed by atoms with Crippen molar-refractivity contribution in [1.82, 2.24) is 23.4 Å². The quantitative estimate of drug-likeness (QED) is 0.774. The van der Waals surface area contributed by atoms with Crippen molar-refractivity contribution in [2.24, 2.45) is 5.92 Å². The van der Waals surface area contributed by atoms with Crippen LogP contribution >= 0.6 is 0 Å². The Morgan fingerprint density at radius 2 is 2.04 bits per heavy atom. The molecule has 8 heteroatoms. The Morgan fingerprint density at radius 1 is 1.27 bits per heavy atom. The number of pyridine rings is 1. The van der Waals surface area contributed by atoms with E-state index in [1.165, 1.54) is 4.31 Å². The number of hydrogen-bond acceptors (Lipinski definition) is 4. The van der Waals surface area contributed by atoms with Gasteiger partial charge in [-0.2, -0.15) is 22.1 Å². The fourth-order valence-electron chi connectivity index (χ4n) is 3.36. The predicted molar refractivity (Wildman–Crippen MR) is 102 cm³/mol. The van der Waals surface area contributed by atoms with Gasteiger partial charge < -0.3 is 0 Å². The van der Waals surface area contributed by atoms with Crippen LogP contribution in [0.4, 0.5) is 0 Å². The van der Waals surface area contributed by atoms with E-state index in [4.69, 9.17) is 4.98 Å². The molecule has 1 fully saturated rings. The molecule has 3 heterocycles. The zero-order chi connectivity index (χ0) is 18.9. The molecule has 7 nitrogen and oxygen atoms in total. The van der Waals surface area contributed by atoms with Crippen LogP contribution in [-0.2, 0) is 16.6 Å². The Kier molecular flexibility index (Phi) is 5.45. The minimum Gasteiger partial charge on any atom is -0.261 e. The summed E-state index contributed by atoms with van der Waals surface area (Å²) in [7, 11) is -0.176. The van der Waals surface area contributed by atoms with E-state index < -0.39 is 10.2 Å². The molecule has 2 aromatic heterocycles. The van der Waals surface area contributed by atoms with Gasteiger partial charge in [0.2, 0.25) is 0 Å². The Balaban J connectivity index is 1.73. The zero-order valence-electron chi connectivity index (χ0n) is 15.8. The van der Waals surface area contributed by atoms with Gasteiger partial charge in [-0.05, 0) is 50.8 Å². The number of nitrogens with zero attached hydrogens (tertiary/aromatic N) is 5. The van der Waals surface area contributed by atoms with Crippen LogP contribution in [-0.4, -0.2) is 59.0 Å². The molecule has 0 N–H and O–H groups in total. The lowest BCUT2D eigenvalue weighted by molar-refractivity contribution is 0.409. The molecule has 142 valence electrons. The topological polar surface area (TPSA) is 71.3 Å². The molecule has 2 aromatic rings. The second-order valence-corrected chi connectivity index (χ2v) is 9.42. The highest BCUT2D eigenvalue weighted by Crippen LogP contribution is 2.25. The normalized spacial score (nSPS) is 18.9. The smallest absolute Gasteiger partial charge is 0.261 e. The van der Waals surface area contributed by atoms with E-state index in [2.05, 4.69) is 18.9 Å². The molecular formula is C18H27N5O2S. The van der Waals surface area contributed by atoms with E-state index >= 15 is 0 Å². The van der Waals surface area contributed by atoms with E-state index in [9.17, 15) is 8.42 Å². The van der Waals surface area contributed by atoms with Crippen LogP contribution in [0, 0.1) is 5.92 Å². The molecule has 3 rings (SSSR count). The van der Waals surface area contributed by atoms with Crippen molar-refractivity contribution < 1.29 is 8.42 Å². The van der Waals surface area contributed by atoms with Gasteiger partial charge in [-0.3, -0.25) is 9.67 Å². The molecule has 1 aliphatic heterocycles. The third kappa shape index (κ3) is 3.82. The van der Waals surface area contributed by atoms with Gasteiger partial charge in [0.05, 0.1) is 11.4 Å². The van der Waals surface area contributed by atoms with Crippen LogP contribution < -0.4 is 0 Å². The van der Waals surface area contributed by atoms with E-state index in [1.807, 2.05) is 28.9 Å². The Hall–Kier alpha value is -1.77. The highest BCUT2D eigenvalue weighted by molar-refractivity contribution is 7.86. The summed E-state index contributed by atoms with van der Waals surface area (Å²) in [6.07, 6.45) is 3.44. The van der Waals surface area contributed by atoms with Crippen molar-refractivity contribution in [2.75, 3.05) is 27.2 Å². The maximum absolute atomic E-state index is 12.3. The van der Waals surface area contributed by atoms with Crippen LogP contribution in [0.2, 0.25) is 0 Å². The minimum absolute atomic E-state index is 0.269. The third-order valence-corrected chi connectivity index (χ3v) is 6.67. The Morgan fingerprint density at radius 3 is 2.73 bits per heavy atom. The van der Waals surface area contributed by atoms with Gasteiger partial charge in [0.15, 0.2) is 0 Å². The fraction of sp³-hybridized carbons (Fsp3) is 0.556. The van der Waals surface area contributed by atoms with Gasteiger partial charge in [0, 0.05) is 45.1 Å². The largest absolute Gasteiger partial charge is 0.281 e. The maximum atomic E-state index is 12.3. The summed E-state index contributed by atoms with van der Waals surface area (Å²) in [6, 6.07) is 8.27. The van der Waals surface area contributed by atoms with Crippen molar-refractivity contribution in [3.05, 3.63) is 36.2 Å². The Bertz CT molecular complexity index is 860. The summed E-state index contributed by atoms with van der Waals surface area (Å²) in [6.45, 7) is 5.32. The number of aromatic nitrogens is 3. The highest BCUT2D eigenvalue weighted by Gasteiger charge is 2.32. The highest BCUT2D eigenvalue weighted by atomic mass is 32.2. The first-order valence-electron chi connectivity index (χ1n) is 8.96. The lowest BCUT2D eigenvalue weighted by atomic mass is 10.0. The van der Waals surface area contributed by atoms with Crippen LogP contribution in [0.25, 0.3) is 11.4 Å². The molecule has 0 saturated carbocycles. The van der Waals surface area contributed by atoms with Crippen molar-refractivity contribution in [3.63, 3.8) is 0 Å². The van der Waals surface area contributed by atoms with E-state index in [0.717, 1.165) is 29.9 Å². The summed E-state index contributed by atoms with van der Waals surface area (Å²) in [5.41, 5.74) is 2.91. The van der Waals surface area contributed by atoms with E-state index in [-0.39, 0.29) is 6.04 Å². The van der Waals surface area contributed by atoms with Gasteiger partial charge in [-0.25, -0.2) is 0 Å². The van der Waals surface area contributed by atoms with Crippen molar-refractivity contribution in [1.29, 1.82) is 0 Å². The van der Waals surface area contributed by atoms with Gasteiger partial charge >= 0.3 is 0 Å². The lowest BCUT2D eigenvalue weighted by Gasteiger charge is -2.20. The van der Waals surface area contributed by atoms with Crippen LogP contribution in [0.3, 0.4) is 0 Å². The molecule has 0 aliphatic carbocycles. The van der Waals surface area contributed by atoms with Crippen LogP contribution in [0.1, 0.15) is 32.0 Å². The predicted octanol–water partition coefficient (Wildman–Crippen LogP) is 2.20. The summed E-state index contributed by atoms with van der Waals surface area (Å²) in [4.78, 5) is 4.80. The van der Waals surface area contributed by atoms with Crippen molar-refractivity contribution >= 4 is 10.2 Å². The molecule has 1 aliphatic rings. The fourth-order valence-corrected chi connectivity index (χ4v) is 4.56. The molecule has 0 amide bonds. The van der Waals surface area contributed by atoms with Gasteiger partial charge in [0.1, 0.15) is 0 Å². The first-order valence-corrected chi connectivity index (χ1v) is 10.4. The standard InChI is InChI=1S/C18H27N5O2S/c1-14(2)23-18(8-10-19-23)17-7-5-6-16(20-17)12-15-9-11-22(13-15)26(24,25)21(3)4/h5-8,10,14-15H,9,11-13H2,1-4H3/t15-/m0/s1. The molecule has 1 atom stereocenters. The average Bonchev–Trinajstić information content (AvgIpc) is 3.24. The average molecular weight is 378 g/mol. The second-order valence-electron chi connectivity index (χ2n) is 7.28. The summed E-state index contributed by atoms with van der Waals surface area (Å²) >= 11 is 0. The lowest BCUT2D eigenvalue weighted by Crippen LogP contribution is -2.38. The molecule has 0 radical (unpaired) electrons. The summed E-state index contributed by atoms with van der Waals surface area (Å²) in [5.74, 6) is 0.294. The van der Waals surface area contributed by atoms with Crippen LogP contribution in [0.15, 0.2) is 30.5 Å².